The van der Waals surface area contributed by atoms with Gasteiger partial charge in [0, 0.05) is 23.8 Å². The van der Waals surface area contributed by atoms with E-state index >= 15 is 0 Å². The van der Waals surface area contributed by atoms with Crippen molar-refractivity contribution in [1.29, 1.82) is 0 Å². The van der Waals surface area contributed by atoms with Crippen LogP contribution in [0.4, 0.5) is 10.5 Å². The molecule has 0 saturated carbocycles. The number of anilines is 1. The predicted octanol–water partition coefficient (Wildman–Crippen LogP) is 3.88. The van der Waals surface area contributed by atoms with Crippen molar-refractivity contribution in [3.63, 3.8) is 0 Å². The Morgan fingerprint density at radius 1 is 1.11 bits per heavy atom. The van der Waals surface area contributed by atoms with E-state index in [0.717, 1.165) is 29.0 Å². The lowest BCUT2D eigenvalue weighted by Gasteiger charge is -2.25. The van der Waals surface area contributed by atoms with Crippen molar-refractivity contribution in [3.05, 3.63) is 48.5 Å². The van der Waals surface area contributed by atoms with Crippen molar-refractivity contribution >= 4 is 17.6 Å². The molecule has 3 rings (SSSR count). The largest absolute Gasteiger partial charge is 0.497 e. The van der Waals surface area contributed by atoms with Crippen LogP contribution in [0.15, 0.2) is 48.5 Å². The Balaban J connectivity index is 1.78. The van der Waals surface area contributed by atoms with Crippen LogP contribution in [-0.4, -0.2) is 42.6 Å². The highest BCUT2D eigenvalue weighted by atomic mass is 16.5. The number of nitrogens with one attached hydrogen (secondary N) is 2. The predicted molar refractivity (Wildman–Crippen MR) is 110 cm³/mol. The Morgan fingerprint density at radius 2 is 1.82 bits per heavy atom. The number of hydrogen-bond donors (Lipinski definition) is 2. The maximum absolute atomic E-state index is 12.9. The number of carbonyl (C=O) groups excluding carboxylic acids is 2. The molecule has 2 aromatic carbocycles. The lowest BCUT2D eigenvalue weighted by atomic mass is 10.0. The van der Waals surface area contributed by atoms with E-state index in [9.17, 15) is 9.59 Å². The SMILES string of the molecule is COc1ccc(-c2ccccc2NC(=O)[C@H]2CCCN2C(=O)NC(C)C)cc1. The van der Waals surface area contributed by atoms with E-state index in [1.165, 1.54) is 0 Å². The summed E-state index contributed by atoms with van der Waals surface area (Å²) in [4.78, 5) is 27.0. The Morgan fingerprint density at radius 3 is 2.50 bits per heavy atom. The van der Waals surface area contributed by atoms with Gasteiger partial charge in [0.05, 0.1) is 7.11 Å². The van der Waals surface area contributed by atoms with E-state index in [1.807, 2.05) is 62.4 Å². The zero-order valence-electron chi connectivity index (χ0n) is 16.6. The fourth-order valence-corrected chi connectivity index (χ4v) is 3.44. The molecule has 1 heterocycles. The monoisotopic (exact) mass is 381 g/mol. The van der Waals surface area contributed by atoms with Crippen LogP contribution in [0.25, 0.3) is 11.1 Å². The maximum Gasteiger partial charge on any atom is 0.318 e. The third-order valence-electron chi connectivity index (χ3n) is 4.81. The topological polar surface area (TPSA) is 70.7 Å². The third kappa shape index (κ3) is 4.44. The summed E-state index contributed by atoms with van der Waals surface area (Å²) >= 11 is 0. The van der Waals surface area contributed by atoms with Gasteiger partial charge in [-0.3, -0.25) is 4.79 Å². The number of nitrogens with zero attached hydrogens (tertiary/aromatic N) is 1. The lowest BCUT2D eigenvalue weighted by Crippen LogP contribution is -2.49. The Kier molecular flexibility index (Phi) is 6.19. The van der Waals surface area contributed by atoms with Crippen molar-refractivity contribution in [2.75, 3.05) is 19.0 Å². The molecule has 6 nitrogen and oxygen atoms in total. The summed E-state index contributed by atoms with van der Waals surface area (Å²) in [5.74, 6) is 0.625. The van der Waals surface area contributed by atoms with E-state index in [0.29, 0.717) is 13.0 Å². The van der Waals surface area contributed by atoms with E-state index in [2.05, 4.69) is 10.6 Å². The van der Waals surface area contributed by atoms with Gasteiger partial charge >= 0.3 is 6.03 Å². The minimum Gasteiger partial charge on any atom is -0.497 e. The number of para-hydroxylation sites is 1. The van der Waals surface area contributed by atoms with Crippen molar-refractivity contribution in [2.45, 2.75) is 38.8 Å². The molecular formula is C22H27N3O3. The Hall–Kier alpha value is -3.02. The van der Waals surface area contributed by atoms with Crippen molar-refractivity contribution in [3.8, 4) is 16.9 Å². The number of benzene rings is 2. The first-order chi connectivity index (χ1) is 13.5. The van der Waals surface area contributed by atoms with Gasteiger partial charge in [0.15, 0.2) is 0 Å². The summed E-state index contributed by atoms with van der Waals surface area (Å²) in [5.41, 5.74) is 2.64. The van der Waals surface area contributed by atoms with Gasteiger partial charge in [0.2, 0.25) is 5.91 Å². The van der Waals surface area contributed by atoms with Crippen LogP contribution in [0, 0.1) is 0 Å². The summed E-state index contributed by atoms with van der Waals surface area (Å²) in [7, 11) is 1.63. The molecule has 6 heteroatoms. The molecule has 148 valence electrons. The molecule has 1 atom stereocenters. The fourth-order valence-electron chi connectivity index (χ4n) is 3.44. The fraction of sp³-hybridized carbons (Fsp3) is 0.364. The number of ether oxygens (including phenoxy) is 1. The zero-order chi connectivity index (χ0) is 20.1. The summed E-state index contributed by atoms with van der Waals surface area (Å²) in [6.45, 7) is 4.42. The second-order valence-corrected chi connectivity index (χ2v) is 7.22. The molecule has 2 aromatic rings. The Labute approximate surface area is 165 Å². The molecule has 0 bridgehead atoms. The quantitative estimate of drug-likeness (QED) is 0.826. The lowest BCUT2D eigenvalue weighted by molar-refractivity contribution is -0.119. The molecular weight excluding hydrogens is 354 g/mol. The molecule has 3 amide bonds. The number of amides is 3. The number of methoxy groups -OCH3 is 1. The number of likely N-dealkylation sites (tertiary alicyclic amines) is 1. The molecule has 1 aliphatic heterocycles. The molecule has 0 aromatic heterocycles. The number of urea groups is 1. The highest BCUT2D eigenvalue weighted by molar-refractivity contribution is 6.00. The van der Waals surface area contributed by atoms with Crippen LogP contribution < -0.4 is 15.4 Å². The summed E-state index contributed by atoms with van der Waals surface area (Å²) in [6, 6.07) is 14.8. The van der Waals surface area contributed by atoms with E-state index < -0.39 is 6.04 Å². The molecule has 0 spiro atoms. The van der Waals surface area contributed by atoms with Gasteiger partial charge in [-0.2, -0.15) is 0 Å². The highest BCUT2D eigenvalue weighted by Gasteiger charge is 2.34. The number of carbonyl (C=O) groups is 2. The van der Waals surface area contributed by atoms with Gasteiger partial charge in [-0.25, -0.2) is 4.79 Å². The highest BCUT2D eigenvalue weighted by Crippen LogP contribution is 2.30. The average molecular weight is 381 g/mol. The Bertz CT molecular complexity index is 833. The average Bonchev–Trinajstić information content (AvgIpc) is 3.18. The molecule has 0 unspecified atom stereocenters. The first-order valence-electron chi connectivity index (χ1n) is 9.61. The number of hydrogen-bond acceptors (Lipinski definition) is 3. The molecule has 0 radical (unpaired) electrons. The van der Waals surface area contributed by atoms with E-state index in [-0.39, 0.29) is 18.0 Å². The molecule has 1 saturated heterocycles. The van der Waals surface area contributed by atoms with Crippen LogP contribution in [0.3, 0.4) is 0 Å². The van der Waals surface area contributed by atoms with Crippen molar-refractivity contribution in [2.24, 2.45) is 0 Å². The molecule has 1 fully saturated rings. The molecule has 1 aliphatic rings. The smallest absolute Gasteiger partial charge is 0.318 e. The van der Waals surface area contributed by atoms with Crippen LogP contribution >= 0.6 is 0 Å². The van der Waals surface area contributed by atoms with Gasteiger partial charge in [0.25, 0.3) is 0 Å². The normalized spacial score (nSPS) is 16.1. The minimum absolute atomic E-state index is 0.0348. The molecule has 0 aliphatic carbocycles. The van der Waals surface area contributed by atoms with Gasteiger partial charge in [-0.05, 0) is 50.5 Å². The van der Waals surface area contributed by atoms with Crippen LogP contribution in [-0.2, 0) is 4.79 Å². The summed E-state index contributed by atoms with van der Waals surface area (Å²) in [6.07, 6.45) is 1.49. The maximum atomic E-state index is 12.9. The minimum atomic E-state index is -0.456. The molecule has 2 N–H and O–H groups in total. The standard InChI is InChI=1S/C22H27N3O3/c1-15(2)23-22(27)25-14-6-9-20(25)21(26)24-19-8-5-4-7-18(19)16-10-12-17(28-3)13-11-16/h4-5,7-8,10-13,15,20H,6,9,14H2,1-3H3,(H,23,27)(H,24,26)/t20-/m1/s1. The van der Waals surface area contributed by atoms with Crippen LogP contribution in [0.2, 0.25) is 0 Å². The number of rotatable bonds is 5. The van der Waals surface area contributed by atoms with E-state index in [1.54, 1.807) is 12.0 Å². The van der Waals surface area contributed by atoms with Gasteiger partial charge in [0.1, 0.15) is 11.8 Å². The van der Waals surface area contributed by atoms with Gasteiger partial charge in [-0.15, -0.1) is 0 Å². The van der Waals surface area contributed by atoms with Crippen LogP contribution in [0.1, 0.15) is 26.7 Å². The van der Waals surface area contributed by atoms with Crippen molar-refractivity contribution in [1.82, 2.24) is 10.2 Å². The second-order valence-electron chi connectivity index (χ2n) is 7.22. The third-order valence-corrected chi connectivity index (χ3v) is 4.81. The van der Waals surface area contributed by atoms with Crippen LogP contribution in [0.5, 0.6) is 5.75 Å². The summed E-state index contributed by atoms with van der Waals surface area (Å²) < 4.78 is 5.22. The van der Waals surface area contributed by atoms with Crippen molar-refractivity contribution < 1.29 is 14.3 Å². The van der Waals surface area contributed by atoms with E-state index in [4.69, 9.17) is 4.74 Å². The summed E-state index contributed by atoms with van der Waals surface area (Å²) in [5, 5.41) is 5.90. The molecule has 28 heavy (non-hydrogen) atoms. The second kappa shape index (κ2) is 8.78. The van der Waals surface area contributed by atoms with Gasteiger partial charge < -0.3 is 20.3 Å². The van der Waals surface area contributed by atoms with Gasteiger partial charge in [-0.1, -0.05) is 30.3 Å². The first-order valence-corrected chi connectivity index (χ1v) is 9.61. The zero-order valence-corrected chi connectivity index (χ0v) is 16.6. The first kappa shape index (κ1) is 19.7.